The van der Waals surface area contributed by atoms with Gasteiger partial charge in [-0.15, -0.1) is 6.58 Å². The summed E-state index contributed by atoms with van der Waals surface area (Å²) in [6, 6.07) is 1.07. The summed E-state index contributed by atoms with van der Waals surface area (Å²) in [7, 11) is 0. The molecule has 11 heavy (non-hydrogen) atoms. The molecule has 0 heterocycles. The number of hydrogen-bond acceptors (Lipinski definition) is 1. The highest BCUT2D eigenvalue weighted by Gasteiger charge is 2.03. The third kappa shape index (κ3) is 6.11. The van der Waals surface area contributed by atoms with E-state index in [1.165, 1.54) is 19.3 Å². The summed E-state index contributed by atoms with van der Waals surface area (Å²) in [4.78, 5) is 0. The van der Waals surface area contributed by atoms with Crippen LogP contribution in [0.25, 0.3) is 0 Å². The zero-order valence-electron chi connectivity index (χ0n) is 8.06. The molecule has 0 spiro atoms. The second-order valence-corrected chi connectivity index (χ2v) is 3.31. The molecule has 66 valence electrons. The topological polar surface area (TPSA) is 12.0 Å². The minimum Gasteiger partial charge on any atom is -0.308 e. The second kappa shape index (κ2) is 6.41. The van der Waals surface area contributed by atoms with Crippen molar-refractivity contribution >= 4 is 0 Å². The van der Waals surface area contributed by atoms with Crippen LogP contribution in [0.5, 0.6) is 0 Å². The van der Waals surface area contributed by atoms with Gasteiger partial charge in [0.05, 0.1) is 0 Å². The largest absolute Gasteiger partial charge is 0.308 e. The average molecular weight is 155 g/mol. The van der Waals surface area contributed by atoms with Gasteiger partial charge in [0.2, 0.25) is 0 Å². The highest BCUT2D eigenvalue weighted by molar-refractivity contribution is 4.86. The normalized spacial score (nSPS) is 13.5. The summed E-state index contributed by atoms with van der Waals surface area (Å²) >= 11 is 0. The van der Waals surface area contributed by atoms with Crippen LogP contribution in [0.2, 0.25) is 0 Å². The van der Waals surface area contributed by atoms with Crippen LogP contribution in [0.1, 0.15) is 40.0 Å². The molecule has 1 N–H and O–H groups in total. The lowest BCUT2D eigenvalue weighted by Gasteiger charge is -2.16. The smallest absolute Gasteiger partial charge is 0.0249 e. The van der Waals surface area contributed by atoms with Gasteiger partial charge in [0.15, 0.2) is 0 Å². The van der Waals surface area contributed by atoms with Crippen LogP contribution >= 0.6 is 0 Å². The molecule has 0 aliphatic heterocycles. The van der Waals surface area contributed by atoms with E-state index in [9.17, 15) is 0 Å². The van der Waals surface area contributed by atoms with Crippen molar-refractivity contribution in [2.24, 2.45) is 0 Å². The lowest BCUT2D eigenvalue weighted by atomic mass is 10.1. The van der Waals surface area contributed by atoms with Crippen molar-refractivity contribution in [2.45, 2.75) is 52.1 Å². The van der Waals surface area contributed by atoms with Gasteiger partial charge in [0, 0.05) is 12.1 Å². The zero-order chi connectivity index (χ0) is 8.69. The fourth-order valence-corrected chi connectivity index (χ4v) is 1.12. The molecule has 0 fully saturated rings. The van der Waals surface area contributed by atoms with Crippen molar-refractivity contribution in [3.63, 3.8) is 0 Å². The van der Waals surface area contributed by atoms with Gasteiger partial charge in [0.1, 0.15) is 0 Å². The van der Waals surface area contributed by atoms with E-state index in [-0.39, 0.29) is 0 Å². The van der Waals surface area contributed by atoms with Gasteiger partial charge in [-0.3, -0.25) is 0 Å². The molecule has 0 saturated heterocycles. The van der Waals surface area contributed by atoms with Crippen LogP contribution in [0.3, 0.4) is 0 Å². The molecule has 0 radical (unpaired) electrons. The third-order valence-electron chi connectivity index (χ3n) is 1.70. The lowest BCUT2D eigenvalue weighted by molar-refractivity contribution is 0.485. The summed E-state index contributed by atoms with van der Waals surface area (Å²) in [6.45, 7) is 10.4. The predicted octanol–water partition coefficient (Wildman–Crippen LogP) is 2.73. The first-order valence-electron chi connectivity index (χ1n) is 4.59. The van der Waals surface area contributed by atoms with E-state index in [2.05, 4.69) is 32.7 Å². The summed E-state index contributed by atoms with van der Waals surface area (Å²) in [5.41, 5.74) is 0. The molecule has 0 amide bonds. The van der Waals surface area contributed by atoms with Crippen molar-refractivity contribution in [3.05, 3.63) is 12.7 Å². The Morgan fingerprint density at radius 3 is 2.45 bits per heavy atom. The highest BCUT2D eigenvalue weighted by Crippen LogP contribution is 2.01. The number of rotatable bonds is 6. The molecule has 1 unspecified atom stereocenters. The standard InChI is InChI=1S/C10H21N/c1-5-7-8-10(6-2)11-9(3)4/h6,9-11H,2,5,7-8H2,1,3-4H3. The van der Waals surface area contributed by atoms with E-state index < -0.39 is 0 Å². The zero-order valence-corrected chi connectivity index (χ0v) is 8.06. The van der Waals surface area contributed by atoms with Crippen molar-refractivity contribution in [1.82, 2.24) is 5.32 Å². The molecule has 0 aromatic heterocycles. The Bertz CT molecular complexity index is 97.0. The van der Waals surface area contributed by atoms with Gasteiger partial charge in [-0.25, -0.2) is 0 Å². The van der Waals surface area contributed by atoms with Gasteiger partial charge in [-0.05, 0) is 6.42 Å². The molecule has 0 rings (SSSR count). The molecule has 1 atom stereocenters. The van der Waals surface area contributed by atoms with Gasteiger partial charge < -0.3 is 5.32 Å². The van der Waals surface area contributed by atoms with E-state index in [4.69, 9.17) is 0 Å². The van der Waals surface area contributed by atoms with Gasteiger partial charge in [-0.2, -0.15) is 0 Å². The molecule has 0 bridgehead atoms. The molecule has 0 aromatic carbocycles. The van der Waals surface area contributed by atoms with E-state index in [0.717, 1.165) is 0 Å². The van der Waals surface area contributed by atoms with E-state index in [0.29, 0.717) is 12.1 Å². The average Bonchev–Trinajstić information content (AvgIpc) is 1.97. The van der Waals surface area contributed by atoms with Crippen LogP contribution in [-0.4, -0.2) is 12.1 Å². The Morgan fingerprint density at radius 1 is 1.45 bits per heavy atom. The highest BCUT2D eigenvalue weighted by atomic mass is 14.9. The monoisotopic (exact) mass is 155 g/mol. The van der Waals surface area contributed by atoms with Crippen molar-refractivity contribution < 1.29 is 0 Å². The summed E-state index contributed by atoms with van der Waals surface area (Å²) in [6.07, 6.45) is 5.79. The first kappa shape index (κ1) is 10.7. The minimum atomic E-state index is 0.509. The maximum absolute atomic E-state index is 3.80. The summed E-state index contributed by atoms with van der Waals surface area (Å²) in [5, 5.41) is 3.45. The summed E-state index contributed by atoms with van der Waals surface area (Å²) < 4.78 is 0. The van der Waals surface area contributed by atoms with Crippen molar-refractivity contribution in [3.8, 4) is 0 Å². The minimum absolute atomic E-state index is 0.509. The van der Waals surface area contributed by atoms with Crippen molar-refractivity contribution in [1.29, 1.82) is 0 Å². The quantitative estimate of drug-likeness (QED) is 0.582. The molecule has 1 heteroatoms. The Hall–Kier alpha value is -0.300. The second-order valence-electron chi connectivity index (χ2n) is 3.31. The maximum Gasteiger partial charge on any atom is 0.0249 e. The number of nitrogens with one attached hydrogen (secondary N) is 1. The summed E-state index contributed by atoms with van der Waals surface area (Å²) in [5.74, 6) is 0. The van der Waals surface area contributed by atoms with E-state index in [1.54, 1.807) is 0 Å². The van der Waals surface area contributed by atoms with Crippen LogP contribution in [0.4, 0.5) is 0 Å². The van der Waals surface area contributed by atoms with Crippen molar-refractivity contribution in [2.75, 3.05) is 0 Å². The van der Waals surface area contributed by atoms with Crippen LogP contribution in [0, 0.1) is 0 Å². The molecular weight excluding hydrogens is 134 g/mol. The lowest BCUT2D eigenvalue weighted by Crippen LogP contribution is -2.32. The molecule has 0 aliphatic rings. The number of unbranched alkanes of at least 4 members (excludes halogenated alkanes) is 1. The Balaban J connectivity index is 3.49. The molecule has 0 saturated carbocycles. The van der Waals surface area contributed by atoms with E-state index in [1.807, 2.05) is 6.08 Å². The fourth-order valence-electron chi connectivity index (χ4n) is 1.12. The molecular formula is C10H21N. The van der Waals surface area contributed by atoms with E-state index >= 15 is 0 Å². The van der Waals surface area contributed by atoms with Crippen LogP contribution in [-0.2, 0) is 0 Å². The van der Waals surface area contributed by atoms with Gasteiger partial charge in [-0.1, -0.05) is 39.7 Å². The Morgan fingerprint density at radius 2 is 2.09 bits per heavy atom. The number of hydrogen-bond donors (Lipinski definition) is 1. The van der Waals surface area contributed by atoms with Gasteiger partial charge in [0.25, 0.3) is 0 Å². The maximum atomic E-state index is 3.80. The third-order valence-corrected chi connectivity index (χ3v) is 1.70. The molecule has 0 aromatic rings. The first-order chi connectivity index (χ1) is 5.20. The van der Waals surface area contributed by atoms with Crippen LogP contribution < -0.4 is 5.32 Å². The van der Waals surface area contributed by atoms with Gasteiger partial charge >= 0.3 is 0 Å². The predicted molar refractivity (Wildman–Crippen MR) is 51.8 cm³/mol. The van der Waals surface area contributed by atoms with Crippen LogP contribution in [0.15, 0.2) is 12.7 Å². The Labute approximate surface area is 70.9 Å². The Kier molecular flexibility index (Phi) is 6.24. The fraction of sp³-hybridized carbons (Fsp3) is 0.800. The first-order valence-corrected chi connectivity index (χ1v) is 4.59. The molecule has 0 aliphatic carbocycles. The SMILES string of the molecule is C=CC(CCCC)NC(C)C. The molecule has 1 nitrogen and oxygen atoms in total.